The topological polar surface area (TPSA) is 0 Å². The molecule has 1 rings (SSSR count). The summed E-state index contributed by atoms with van der Waals surface area (Å²) in [4.78, 5) is 0. The average Bonchev–Trinajstić information content (AvgIpc) is 1.91. The van der Waals surface area contributed by atoms with Crippen molar-refractivity contribution in [2.75, 3.05) is 0 Å². The molecule has 0 nitrogen and oxygen atoms in total. The molecule has 0 amide bonds. The summed E-state index contributed by atoms with van der Waals surface area (Å²) in [6.45, 7) is 1.90. The van der Waals surface area contributed by atoms with E-state index in [1.54, 1.807) is 0 Å². The van der Waals surface area contributed by atoms with Crippen LogP contribution in [0.15, 0.2) is 12.2 Å². The first kappa shape index (κ1) is 6.42. The Balaban J connectivity index is 2.46. The molecule has 1 radical (unpaired) electrons. The zero-order valence-corrected chi connectivity index (χ0v) is 5.72. The minimum atomic E-state index is 0.528. The van der Waals surface area contributed by atoms with Crippen LogP contribution in [0.5, 0.6) is 0 Å². The zero-order valence-electron chi connectivity index (χ0n) is 5.72. The van der Waals surface area contributed by atoms with Crippen LogP contribution in [0, 0.1) is 24.2 Å². The molecule has 1 aliphatic carbocycles. The van der Waals surface area contributed by atoms with Gasteiger partial charge in [-0.05, 0) is 26.2 Å². The Morgan fingerprint density at radius 1 is 1.56 bits per heavy atom. The monoisotopic (exact) mass is 119 g/mol. The molecular formula is C9H11. The Morgan fingerprint density at radius 2 is 2.44 bits per heavy atom. The summed E-state index contributed by atoms with van der Waals surface area (Å²) < 4.78 is 0. The van der Waals surface area contributed by atoms with Gasteiger partial charge in [-0.15, -0.1) is 5.92 Å². The summed E-state index contributed by atoms with van der Waals surface area (Å²) in [6.07, 6.45) is 8.86. The van der Waals surface area contributed by atoms with E-state index in [1.165, 1.54) is 12.8 Å². The molecule has 0 spiro atoms. The van der Waals surface area contributed by atoms with E-state index in [0.717, 1.165) is 0 Å². The molecule has 1 aliphatic rings. The van der Waals surface area contributed by atoms with Crippen LogP contribution in [0.2, 0.25) is 0 Å². The summed E-state index contributed by atoms with van der Waals surface area (Å²) in [6, 6.07) is 0. The fourth-order valence-electron chi connectivity index (χ4n) is 0.987. The quantitative estimate of drug-likeness (QED) is 0.429. The predicted octanol–water partition coefficient (Wildman–Crippen LogP) is 2.18. The first-order valence-electron chi connectivity index (χ1n) is 3.36. The van der Waals surface area contributed by atoms with Crippen LogP contribution >= 0.6 is 0 Å². The van der Waals surface area contributed by atoms with E-state index in [4.69, 9.17) is 0 Å². The van der Waals surface area contributed by atoms with Crippen molar-refractivity contribution in [2.45, 2.75) is 19.8 Å². The SMILES string of the molecule is CC#CC1C=C[CH]CC1. The first-order valence-corrected chi connectivity index (χ1v) is 3.36. The molecule has 0 fully saturated rings. The maximum absolute atomic E-state index is 3.13. The van der Waals surface area contributed by atoms with Crippen molar-refractivity contribution in [2.24, 2.45) is 5.92 Å². The van der Waals surface area contributed by atoms with Crippen LogP contribution in [0.4, 0.5) is 0 Å². The average molecular weight is 119 g/mol. The molecule has 0 heterocycles. The van der Waals surface area contributed by atoms with Crippen molar-refractivity contribution in [1.82, 2.24) is 0 Å². The van der Waals surface area contributed by atoms with Crippen molar-refractivity contribution >= 4 is 0 Å². The van der Waals surface area contributed by atoms with Crippen LogP contribution in [0.1, 0.15) is 19.8 Å². The third-order valence-corrected chi connectivity index (χ3v) is 1.45. The van der Waals surface area contributed by atoms with Gasteiger partial charge in [0.2, 0.25) is 0 Å². The summed E-state index contributed by atoms with van der Waals surface area (Å²) >= 11 is 0. The molecule has 9 heavy (non-hydrogen) atoms. The lowest BCUT2D eigenvalue weighted by Crippen LogP contribution is -1.96. The van der Waals surface area contributed by atoms with Crippen molar-refractivity contribution in [3.63, 3.8) is 0 Å². The molecule has 0 aliphatic heterocycles. The van der Waals surface area contributed by atoms with Crippen molar-refractivity contribution in [3.05, 3.63) is 18.6 Å². The van der Waals surface area contributed by atoms with Crippen LogP contribution < -0.4 is 0 Å². The highest BCUT2D eigenvalue weighted by molar-refractivity contribution is 5.14. The standard InChI is InChI=1S/C9H11/c1-2-6-9-7-4-3-5-8-9/h3-4,7,9H,5,8H2,1H3. The van der Waals surface area contributed by atoms with E-state index < -0.39 is 0 Å². The van der Waals surface area contributed by atoms with Gasteiger partial charge in [0.25, 0.3) is 0 Å². The van der Waals surface area contributed by atoms with Gasteiger partial charge in [-0.3, -0.25) is 0 Å². The third-order valence-electron chi connectivity index (χ3n) is 1.45. The van der Waals surface area contributed by atoms with Gasteiger partial charge >= 0.3 is 0 Å². The number of rotatable bonds is 0. The predicted molar refractivity (Wildman–Crippen MR) is 39.6 cm³/mol. The smallest absolute Gasteiger partial charge is 0.0382 e. The van der Waals surface area contributed by atoms with E-state index in [9.17, 15) is 0 Å². The molecule has 0 bridgehead atoms. The van der Waals surface area contributed by atoms with E-state index in [2.05, 4.69) is 30.4 Å². The number of hydrogen-bond donors (Lipinski definition) is 0. The fraction of sp³-hybridized carbons (Fsp3) is 0.444. The minimum Gasteiger partial charge on any atom is -0.106 e. The van der Waals surface area contributed by atoms with Gasteiger partial charge in [-0.25, -0.2) is 0 Å². The molecule has 47 valence electrons. The Kier molecular flexibility index (Phi) is 2.39. The zero-order chi connectivity index (χ0) is 6.53. The van der Waals surface area contributed by atoms with Gasteiger partial charge in [0, 0.05) is 5.92 Å². The molecule has 0 aromatic rings. The highest BCUT2D eigenvalue weighted by Gasteiger charge is 2.02. The lowest BCUT2D eigenvalue weighted by atomic mass is 9.97. The van der Waals surface area contributed by atoms with Gasteiger partial charge < -0.3 is 0 Å². The van der Waals surface area contributed by atoms with E-state index >= 15 is 0 Å². The van der Waals surface area contributed by atoms with Crippen LogP contribution in [0.25, 0.3) is 0 Å². The molecule has 0 heteroatoms. The van der Waals surface area contributed by atoms with Crippen LogP contribution in [-0.2, 0) is 0 Å². The second-order valence-electron chi connectivity index (χ2n) is 2.20. The van der Waals surface area contributed by atoms with Crippen molar-refractivity contribution < 1.29 is 0 Å². The molecule has 0 saturated carbocycles. The molecule has 1 atom stereocenters. The van der Waals surface area contributed by atoms with E-state index in [0.29, 0.717) is 5.92 Å². The summed E-state index contributed by atoms with van der Waals surface area (Å²) in [5.41, 5.74) is 0. The maximum Gasteiger partial charge on any atom is 0.0382 e. The number of hydrogen-bond acceptors (Lipinski definition) is 0. The normalized spacial score (nSPS) is 24.8. The van der Waals surface area contributed by atoms with E-state index in [-0.39, 0.29) is 0 Å². The van der Waals surface area contributed by atoms with Gasteiger partial charge in [0.1, 0.15) is 0 Å². The highest BCUT2D eigenvalue weighted by Crippen LogP contribution is 2.14. The van der Waals surface area contributed by atoms with Crippen molar-refractivity contribution in [1.29, 1.82) is 0 Å². The Labute approximate surface area is 57.0 Å². The van der Waals surface area contributed by atoms with Gasteiger partial charge in [0.05, 0.1) is 0 Å². The van der Waals surface area contributed by atoms with Crippen molar-refractivity contribution in [3.8, 4) is 11.8 Å². The molecule has 0 aromatic carbocycles. The van der Waals surface area contributed by atoms with Crippen LogP contribution in [-0.4, -0.2) is 0 Å². The Bertz CT molecular complexity index is 155. The molecule has 0 N–H and O–H groups in total. The lowest BCUT2D eigenvalue weighted by molar-refractivity contribution is 0.705. The second-order valence-corrected chi connectivity index (χ2v) is 2.20. The molecule has 1 unspecified atom stereocenters. The number of allylic oxidation sites excluding steroid dienone is 2. The van der Waals surface area contributed by atoms with Gasteiger partial charge in [-0.2, -0.15) is 0 Å². The lowest BCUT2D eigenvalue weighted by Gasteiger charge is -2.07. The highest BCUT2D eigenvalue weighted by atomic mass is 14.1. The summed E-state index contributed by atoms with van der Waals surface area (Å²) in [7, 11) is 0. The van der Waals surface area contributed by atoms with Gasteiger partial charge in [0.15, 0.2) is 0 Å². The molecule has 0 saturated heterocycles. The second kappa shape index (κ2) is 3.35. The van der Waals surface area contributed by atoms with E-state index in [1.807, 2.05) is 6.92 Å². The largest absolute Gasteiger partial charge is 0.106 e. The third kappa shape index (κ3) is 1.93. The maximum atomic E-state index is 3.13. The fourth-order valence-corrected chi connectivity index (χ4v) is 0.987. The summed E-state index contributed by atoms with van der Waals surface area (Å²) in [5.74, 6) is 6.58. The minimum absolute atomic E-state index is 0.528. The first-order chi connectivity index (χ1) is 4.43. The molecule has 0 aromatic heterocycles. The van der Waals surface area contributed by atoms with Gasteiger partial charge in [-0.1, -0.05) is 18.1 Å². The Morgan fingerprint density at radius 3 is 3.00 bits per heavy atom. The van der Waals surface area contributed by atoms with Crippen LogP contribution in [0.3, 0.4) is 0 Å². The Hall–Kier alpha value is -0.700. The molecular weight excluding hydrogens is 108 g/mol. The summed E-state index contributed by atoms with van der Waals surface area (Å²) in [5, 5.41) is 0.